The first-order valence-electron chi connectivity index (χ1n) is 12.5. The van der Waals surface area contributed by atoms with E-state index in [0.717, 1.165) is 11.3 Å². The summed E-state index contributed by atoms with van der Waals surface area (Å²) >= 11 is 0. The van der Waals surface area contributed by atoms with Gasteiger partial charge in [-0.05, 0) is 24.6 Å². The van der Waals surface area contributed by atoms with Gasteiger partial charge < -0.3 is 20.7 Å². The Kier molecular flexibility index (Phi) is 8.47. The van der Waals surface area contributed by atoms with Crippen LogP contribution in [0.2, 0.25) is 0 Å². The van der Waals surface area contributed by atoms with Crippen LogP contribution in [-0.2, 0) is 40.3 Å². The molecule has 2 aromatic heterocycles. The van der Waals surface area contributed by atoms with E-state index in [0.29, 0.717) is 24.1 Å². The molecule has 0 fully saturated rings. The summed E-state index contributed by atoms with van der Waals surface area (Å²) in [7, 11) is 0. The van der Waals surface area contributed by atoms with Crippen LogP contribution < -0.4 is 11.1 Å². The smallest absolute Gasteiger partial charge is 0.327 e. The van der Waals surface area contributed by atoms with Crippen molar-refractivity contribution in [3.63, 3.8) is 0 Å². The summed E-state index contributed by atoms with van der Waals surface area (Å²) in [6.07, 6.45) is 3.54. The summed E-state index contributed by atoms with van der Waals surface area (Å²) in [5.41, 5.74) is 7.92. The minimum Gasteiger partial charge on any atom is -0.465 e. The number of aromatic nitrogens is 3. The van der Waals surface area contributed by atoms with E-state index >= 15 is 0 Å². The third-order valence-electron chi connectivity index (χ3n) is 6.31. The van der Waals surface area contributed by atoms with Gasteiger partial charge in [-0.2, -0.15) is 5.10 Å². The SMILES string of the molecule is CCOC(=O)Cn1cc2c(n1)CCN(C(=O)[C@H](Cc1ccc([N+](=O)[O-])cc1)NC(=O)c1ccc(C(=N)N)cn1)C2. The fourth-order valence-corrected chi connectivity index (χ4v) is 4.31. The lowest BCUT2D eigenvalue weighted by Crippen LogP contribution is -2.51. The van der Waals surface area contributed by atoms with Gasteiger partial charge in [0.1, 0.15) is 24.1 Å². The number of benzene rings is 1. The molecule has 1 atom stereocenters. The first kappa shape index (κ1) is 27.9. The summed E-state index contributed by atoms with van der Waals surface area (Å²) in [6, 6.07) is 7.65. The lowest BCUT2D eigenvalue weighted by molar-refractivity contribution is -0.384. The number of rotatable bonds is 10. The van der Waals surface area contributed by atoms with Crippen LogP contribution >= 0.6 is 0 Å². The zero-order valence-electron chi connectivity index (χ0n) is 21.7. The lowest BCUT2D eigenvalue weighted by atomic mass is 10.0. The fraction of sp³-hybridized carbons (Fsp3) is 0.308. The van der Waals surface area contributed by atoms with E-state index in [1.54, 1.807) is 18.0 Å². The quantitative estimate of drug-likeness (QED) is 0.108. The number of nitro groups is 1. The van der Waals surface area contributed by atoms with E-state index in [2.05, 4.69) is 15.4 Å². The van der Waals surface area contributed by atoms with Crippen molar-refractivity contribution in [2.75, 3.05) is 13.2 Å². The number of hydrogen-bond acceptors (Lipinski definition) is 9. The number of nitrogens with zero attached hydrogens (tertiary/aromatic N) is 5. The molecule has 0 saturated carbocycles. The van der Waals surface area contributed by atoms with E-state index in [1.165, 1.54) is 47.3 Å². The third-order valence-corrected chi connectivity index (χ3v) is 6.31. The van der Waals surface area contributed by atoms with Crippen LogP contribution in [0.4, 0.5) is 5.69 Å². The van der Waals surface area contributed by atoms with Crippen molar-refractivity contribution in [3.05, 3.63) is 87.0 Å². The number of hydrogen-bond donors (Lipinski definition) is 3. The van der Waals surface area contributed by atoms with Crippen molar-refractivity contribution in [1.82, 2.24) is 25.0 Å². The fourth-order valence-electron chi connectivity index (χ4n) is 4.31. The first-order valence-corrected chi connectivity index (χ1v) is 12.5. The molecule has 14 heteroatoms. The topological polar surface area (TPSA) is 199 Å². The predicted octanol–water partition coefficient (Wildman–Crippen LogP) is 0.959. The van der Waals surface area contributed by atoms with E-state index < -0.39 is 22.8 Å². The number of fused-ring (bicyclic) bond motifs is 1. The second kappa shape index (κ2) is 12.1. The molecule has 2 amide bonds. The minimum atomic E-state index is -1.00. The number of pyridine rings is 1. The first-order chi connectivity index (χ1) is 19.1. The van der Waals surface area contributed by atoms with E-state index in [-0.39, 0.29) is 49.2 Å². The number of ether oxygens (including phenoxy) is 1. The van der Waals surface area contributed by atoms with Gasteiger partial charge in [-0.25, -0.2) is 0 Å². The average Bonchev–Trinajstić information content (AvgIpc) is 3.34. The van der Waals surface area contributed by atoms with Crippen LogP contribution in [0.3, 0.4) is 0 Å². The molecule has 208 valence electrons. The van der Waals surface area contributed by atoms with Crippen LogP contribution in [-0.4, -0.2) is 67.4 Å². The number of amidine groups is 1. The lowest BCUT2D eigenvalue weighted by Gasteiger charge is -2.30. The molecule has 3 heterocycles. The van der Waals surface area contributed by atoms with Crippen LogP contribution in [0.15, 0.2) is 48.8 Å². The molecule has 0 radical (unpaired) electrons. The van der Waals surface area contributed by atoms with Gasteiger partial charge in [-0.1, -0.05) is 12.1 Å². The largest absolute Gasteiger partial charge is 0.465 e. The van der Waals surface area contributed by atoms with Gasteiger partial charge in [0.2, 0.25) is 5.91 Å². The molecule has 40 heavy (non-hydrogen) atoms. The number of carbonyl (C=O) groups is 3. The van der Waals surface area contributed by atoms with Crippen molar-refractivity contribution >= 4 is 29.3 Å². The highest BCUT2D eigenvalue weighted by atomic mass is 16.6. The maximum atomic E-state index is 13.7. The molecule has 0 unspecified atom stereocenters. The Morgan fingerprint density at radius 2 is 1.98 bits per heavy atom. The van der Waals surface area contributed by atoms with Gasteiger partial charge in [0.15, 0.2) is 0 Å². The molecule has 1 aliphatic heterocycles. The van der Waals surface area contributed by atoms with Gasteiger partial charge in [-0.3, -0.25) is 39.6 Å². The van der Waals surface area contributed by atoms with E-state index in [9.17, 15) is 24.5 Å². The molecule has 0 bridgehead atoms. The van der Waals surface area contributed by atoms with Crippen molar-refractivity contribution in [3.8, 4) is 0 Å². The number of esters is 1. The number of nitrogens with one attached hydrogen (secondary N) is 2. The molecule has 1 aliphatic rings. The number of carbonyl (C=O) groups excluding carboxylic acids is 3. The van der Waals surface area contributed by atoms with Crippen molar-refractivity contribution in [1.29, 1.82) is 5.41 Å². The van der Waals surface area contributed by atoms with Crippen LogP contribution in [0.5, 0.6) is 0 Å². The summed E-state index contributed by atoms with van der Waals surface area (Å²) in [5.74, 6) is -1.56. The molecule has 0 aliphatic carbocycles. The van der Waals surface area contributed by atoms with Crippen LogP contribution in [0.25, 0.3) is 0 Å². The highest BCUT2D eigenvalue weighted by Gasteiger charge is 2.31. The number of nitrogens with two attached hydrogens (primary N) is 1. The third kappa shape index (κ3) is 6.64. The second-order valence-electron chi connectivity index (χ2n) is 9.11. The summed E-state index contributed by atoms with van der Waals surface area (Å²) in [4.78, 5) is 54.8. The summed E-state index contributed by atoms with van der Waals surface area (Å²) in [6.45, 7) is 2.53. The molecular formula is C26H28N8O6. The summed E-state index contributed by atoms with van der Waals surface area (Å²) in [5, 5.41) is 25.7. The zero-order chi connectivity index (χ0) is 28.8. The predicted molar refractivity (Wildman–Crippen MR) is 141 cm³/mol. The zero-order valence-corrected chi connectivity index (χ0v) is 21.7. The normalized spacial score (nSPS) is 13.2. The number of nitro benzene ring substituents is 1. The molecule has 4 N–H and O–H groups in total. The Morgan fingerprint density at radius 3 is 2.60 bits per heavy atom. The Balaban J connectivity index is 1.53. The number of amides is 2. The molecule has 0 saturated heterocycles. The Bertz CT molecular complexity index is 1430. The van der Waals surface area contributed by atoms with Crippen LogP contribution in [0, 0.1) is 15.5 Å². The Morgan fingerprint density at radius 1 is 1.23 bits per heavy atom. The standard InChI is InChI=1S/C26H28N8O6/c1-2-40-23(35)15-33-14-18-13-32(10-9-20(18)31-33)26(37)22(11-16-3-6-19(7-4-16)34(38)39)30-25(36)21-8-5-17(12-29-21)24(27)28/h3-8,12,14,22H,2,9-11,13,15H2,1H3,(H3,27,28)(H,30,36)/t22-/m0/s1. The minimum absolute atomic E-state index is 0.0349. The van der Waals surface area contributed by atoms with Gasteiger partial charge in [0.05, 0.1) is 17.2 Å². The van der Waals surface area contributed by atoms with Crippen molar-refractivity contribution < 1.29 is 24.0 Å². The number of non-ortho nitro benzene ring substituents is 1. The van der Waals surface area contributed by atoms with E-state index in [4.69, 9.17) is 15.9 Å². The average molecular weight is 549 g/mol. The number of nitrogen functional groups attached to an aromatic ring is 1. The van der Waals surface area contributed by atoms with Crippen LogP contribution in [0.1, 0.15) is 39.8 Å². The Labute approximate surface area is 228 Å². The molecule has 0 spiro atoms. The highest BCUT2D eigenvalue weighted by molar-refractivity contribution is 5.98. The maximum absolute atomic E-state index is 13.7. The second-order valence-corrected chi connectivity index (χ2v) is 9.11. The van der Waals surface area contributed by atoms with Gasteiger partial charge in [0.25, 0.3) is 11.6 Å². The maximum Gasteiger partial charge on any atom is 0.327 e. The summed E-state index contributed by atoms with van der Waals surface area (Å²) < 4.78 is 6.46. The monoisotopic (exact) mass is 548 g/mol. The highest BCUT2D eigenvalue weighted by Crippen LogP contribution is 2.20. The molecule has 3 aromatic rings. The molecule has 14 nitrogen and oxygen atoms in total. The van der Waals surface area contributed by atoms with Gasteiger partial charge in [-0.15, -0.1) is 0 Å². The molecule has 1 aromatic carbocycles. The van der Waals surface area contributed by atoms with Gasteiger partial charge >= 0.3 is 5.97 Å². The Hall–Kier alpha value is -5.14. The van der Waals surface area contributed by atoms with Gasteiger partial charge in [0, 0.05) is 61.6 Å². The van der Waals surface area contributed by atoms with E-state index in [1.807, 2.05) is 0 Å². The molecule has 4 rings (SSSR count). The molecular weight excluding hydrogens is 520 g/mol. The van der Waals surface area contributed by atoms with Crippen molar-refractivity contribution in [2.45, 2.75) is 38.9 Å². The van der Waals surface area contributed by atoms with Crippen molar-refractivity contribution in [2.24, 2.45) is 5.73 Å².